The van der Waals surface area contributed by atoms with E-state index in [0.29, 0.717) is 13.1 Å². The van der Waals surface area contributed by atoms with Gasteiger partial charge < -0.3 is 15.5 Å². The summed E-state index contributed by atoms with van der Waals surface area (Å²) in [7, 11) is 1.58. The van der Waals surface area contributed by atoms with E-state index in [0.717, 1.165) is 13.0 Å². The third-order valence-corrected chi connectivity index (χ3v) is 2.54. The molecule has 0 fully saturated rings. The Morgan fingerprint density at radius 2 is 1.94 bits per heavy atom. The van der Waals surface area contributed by atoms with Crippen LogP contribution in [-0.2, 0) is 9.59 Å². The van der Waals surface area contributed by atoms with E-state index in [1.54, 1.807) is 11.9 Å². The number of rotatable bonds is 8. The first-order valence-corrected chi connectivity index (χ1v) is 6.26. The molecule has 0 heterocycles. The van der Waals surface area contributed by atoms with Crippen LogP contribution in [0.15, 0.2) is 0 Å². The van der Waals surface area contributed by atoms with Crippen molar-refractivity contribution in [1.29, 1.82) is 0 Å². The molecule has 0 saturated heterocycles. The summed E-state index contributed by atoms with van der Waals surface area (Å²) < 4.78 is 0. The third kappa shape index (κ3) is 6.26. The summed E-state index contributed by atoms with van der Waals surface area (Å²) in [6.07, 6.45) is 0.858. The number of carbonyl (C=O) groups excluding carboxylic acids is 2. The minimum absolute atomic E-state index is 0.0383. The summed E-state index contributed by atoms with van der Waals surface area (Å²) in [6, 6.07) is 0. The van der Waals surface area contributed by atoms with Crippen LogP contribution in [0.5, 0.6) is 0 Å². The lowest BCUT2D eigenvalue weighted by atomic mass is 10.1. The van der Waals surface area contributed by atoms with E-state index >= 15 is 0 Å². The lowest BCUT2D eigenvalue weighted by Crippen LogP contribution is -2.44. The van der Waals surface area contributed by atoms with Crippen LogP contribution in [0.3, 0.4) is 0 Å². The fourth-order valence-electron chi connectivity index (χ4n) is 1.55. The van der Waals surface area contributed by atoms with Crippen LogP contribution in [0.1, 0.15) is 27.2 Å². The molecule has 0 aliphatic carbocycles. The molecule has 2 amide bonds. The molecule has 0 bridgehead atoms. The maximum absolute atomic E-state index is 12.1. The molecule has 100 valence electrons. The van der Waals surface area contributed by atoms with E-state index in [9.17, 15) is 9.59 Å². The molecule has 0 aromatic rings. The van der Waals surface area contributed by atoms with Gasteiger partial charge in [-0.25, -0.2) is 0 Å². The number of carbonyl (C=O) groups is 2. The van der Waals surface area contributed by atoms with Crippen LogP contribution in [0.2, 0.25) is 0 Å². The predicted molar refractivity (Wildman–Crippen MR) is 68.6 cm³/mol. The maximum atomic E-state index is 12.1. The Hall–Kier alpha value is -1.10. The Morgan fingerprint density at radius 3 is 2.41 bits per heavy atom. The van der Waals surface area contributed by atoms with E-state index in [4.69, 9.17) is 0 Å². The van der Waals surface area contributed by atoms with Gasteiger partial charge in [-0.05, 0) is 13.0 Å². The van der Waals surface area contributed by atoms with Gasteiger partial charge in [0.05, 0.1) is 6.54 Å². The number of amides is 2. The van der Waals surface area contributed by atoms with Gasteiger partial charge in [-0.2, -0.15) is 0 Å². The molecule has 17 heavy (non-hydrogen) atoms. The molecule has 2 N–H and O–H groups in total. The molecule has 5 heteroatoms. The van der Waals surface area contributed by atoms with E-state index in [1.165, 1.54) is 0 Å². The molecule has 0 aliphatic rings. The second kappa shape index (κ2) is 8.98. The van der Waals surface area contributed by atoms with Gasteiger partial charge in [-0.3, -0.25) is 9.59 Å². The fraction of sp³-hybridized carbons (Fsp3) is 0.833. The highest BCUT2D eigenvalue weighted by Crippen LogP contribution is 2.03. The Balaban J connectivity index is 4.36. The molecular weight excluding hydrogens is 218 g/mol. The second-order valence-corrected chi connectivity index (χ2v) is 4.14. The van der Waals surface area contributed by atoms with Crippen molar-refractivity contribution in [1.82, 2.24) is 15.5 Å². The lowest BCUT2D eigenvalue weighted by Gasteiger charge is -2.24. The van der Waals surface area contributed by atoms with Crippen LogP contribution >= 0.6 is 0 Å². The van der Waals surface area contributed by atoms with Gasteiger partial charge in [0.1, 0.15) is 0 Å². The minimum Gasteiger partial charge on any atom is -0.358 e. The Bertz CT molecular complexity index is 244. The van der Waals surface area contributed by atoms with Gasteiger partial charge in [0, 0.05) is 26.1 Å². The van der Waals surface area contributed by atoms with E-state index < -0.39 is 0 Å². The van der Waals surface area contributed by atoms with Crippen LogP contribution in [0.4, 0.5) is 0 Å². The van der Waals surface area contributed by atoms with Crippen molar-refractivity contribution >= 4 is 11.8 Å². The highest BCUT2D eigenvalue weighted by atomic mass is 16.2. The van der Waals surface area contributed by atoms with Gasteiger partial charge in [-0.1, -0.05) is 20.8 Å². The normalized spacial score (nSPS) is 12.0. The number of hydrogen-bond donors (Lipinski definition) is 2. The maximum Gasteiger partial charge on any atom is 0.239 e. The first kappa shape index (κ1) is 15.9. The first-order valence-electron chi connectivity index (χ1n) is 6.26. The number of likely N-dealkylation sites (N-methyl/N-ethyl adjacent to an activating group) is 1. The van der Waals surface area contributed by atoms with Crippen LogP contribution in [-0.4, -0.2) is 49.9 Å². The molecular formula is C12H25N3O2. The van der Waals surface area contributed by atoms with E-state index in [2.05, 4.69) is 10.6 Å². The highest BCUT2D eigenvalue weighted by molar-refractivity contribution is 5.85. The van der Waals surface area contributed by atoms with Crippen molar-refractivity contribution in [3.8, 4) is 0 Å². The first-order chi connectivity index (χ1) is 8.06. The molecule has 0 radical (unpaired) electrons. The highest BCUT2D eigenvalue weighted by Gasteiger charge is 2.21. The average molecular weight is 243 g/mol. The summed E-state index contributed by atoms with van der Waals surface area (Å²) in [6.45, 7) is 8.18. The van der Waals surface area contributed by atoms with Gasteiger partial charge in [0.15, 0.2) is 0 Å². The van der Waals surface area contributed by atoms with E-state index in [1.807, 2.05) is 20.8 Å². The third-order valence-electron chi connectivity index (χ3n) is 2.54. The monoisotopic (exact) mass is 243 g/mol. The second-order valence-electron chi connectivity index (χ2n) is 4.14. The summed E-state index contributed by atoms with van der Waals surface area (Å²) >= 11 is 0. The van der Waals surface area contributed by atoms with Crippen LogP contribution in [0.25, 0.3) is 0 Å². The predicted octanol–water partition coefficient (Wildman–Crippen LogP) is 0.217. The van der Waals surface area contributed by atoms with Gasteiger partial charge in [0.2, 0.25) is 11.8 Å². The smallest absolute Gasteiger partial charge is 0.239 e. The van der Waals surface area contributed by atoms with Crippen molar-refractivity contribution in [3.63, 3.8) is 0 Å². The number of nitrogens with zero attached hydrogens (tertiary/aromatic N) is 1. The Labute approximate surface area is 104 Å². The molecule has 0 saturated carbocycles. The lowest BCUT2D eigenvalue weighted by molar-refractivity contribution is -0.138. The minimum atomic E-state index is -0.123. The van der Waals surface area contributed by atoms with Gasteiger partial charge in [0.25, 0.3) is 0 Å². The molecule has 0 aromatic heterocycles. The van der Waals surface area contributed by atoms with Crippen LogP contribution < -0.4 is 10.6 Å². The molecule has 0 aliphatic heterocycles. The summed E-state index contributed by atoms with van der Waals surface area (Å²) in [4.78, 5) is 25.0. The van der Waals surface area contributed by atoms with Gasteiger partial charge in [-0.15, -0.1) is 0 Å². The Kier molecular flexibility index (Phi) is 8.40. The van der Waals surface area contributed by atoms with Crippen molar-refractivity contribution < 1.29 is 9.59 Å². The topological polar surface area (TPSA) is 61.4 Å². The quantitative estimate of drug-likeness (QED) is 0.641. The summed E-state index contributed by atoms with van der Waals surface area (Å²) in [5.41, 5.74) is 0. The molecule has 0 rings (SSSR count). The number of nitrogens with one attached hydrogen (secondary N) is 2. The molecule has 0 aromatic carbocycles. The van der Waals surface area contributed by atoms with Crippen molar-refractivity contribution in [2.45, 2.75) is 27.2 Å². The molecule has 1 atom stereocenters. The zero-order chi connectivity index (χ0) is 13.3. The molecule has 5 nitrogen and oxygen atoms in total. The fourth-order valence-corrected chi connectivity index (χ4v) is 1.55. The zero-order valence-corrected chi connectivity index (χ0v) is 11.4. The standard InChI is InChI=1S/C12H25N3O2/c1-5-7-15(9-11(16)13-4)12(17)10(3)8-14-6-2/h10,14H,5-9H2,1-4H3,(H,13,16). The summed E-state index contributed by atoms with van der Waals surface area (Å²) in [5, 5.41) is 5.69. The molecule has 1 unspecified atom stereocenters. The molecule has 0 spiro atoms. The van der Waals surface area contributed by atoms with Gasteiger partial charge >= 0.3 is 0 Å². The van der Waals surface area contributed by atoms with Crippen molar-refractivity contribution in [2.24, 2.45) is 5.92 Å². The summed E-state index contributed by atoms with van der Waals surface area (Å²) in [5.74, 6) is -0.176. The average Bonchev–Trinajstić information content (AvgIpc) is 2.34. The Morgan fingerprint density at radius 1 is 1.29 bits per heavy atom. The number of hydrogen-bond acceptors (Lipinski definition) is 3. The SMILES string of the molecule is CCCN(CC(=O)NC)C(=O)C(C)CNCC. The largest absolute Gasteiger partial charge is 0.358 e. The van der Waals surface area contributed by atoms with Crippen LogP contribution in [0, 0.1) is 5.92 Å². The van der Waals surface area contributed by atoms with E-state index in [-0.39, 0.29) is 24.3 Å². The van der Waals surface area contributed by atoms with Crippen molar-refractivity contribution in [3.05, 3.63) is 0 Å². The van der Waals surface area contributed by atoms with Crippen molar-refractivity contribution in [2.75, 3.05) is 33.2 Å². The zero-order valence-electron chi connectivity index (χ0n) is 11.4.